The molecule has 0 aliphatic heterocycles. The van der Waals surface area contributed by atoms with E-state index in [0.717, 1.165) is 35.9 Å². The smallest absolute Gasteiger partial charge is 0.243 e. The summed E-state index contributed by atoms with van der Waals surface area (Å²) in [5.41, 5.74) is 0.468. The molecule has 0 fully saturated rings. The zero-order valence-corrected chi connectivity index (χ0v) is 15.0. The van der Waals surface area contributed by atoms with Gasteiger partial charge in [-0.2, -0.15) is 0 Å². The van der Waals surface area contributed by atoms with Crippen molar-refractivity contribution < 1.29 is 27.4 Å². The molecule has 0 bridgehead atoms. The quantitative estimate of drug-likeness (QED) is 0.711. The number of benzene rings is 2. The molecule has 1 N–H and O–H groups in total. The molecule has 2 aromatic carbocycles. The molecule has 0 amide bonds. The first-order chi connectivity index (χ1) is 12.3. The van der Waals surface area contributed by atoms with E-state index in [2.05, 4.69) is 4.72 Å². The monoisotopic (exact) mass is 380 g/mol. The molecule has 0 heterocycles. The Labute approximate surface area is 151 Å². The molecule has 0 aromatic heterocycles. The number of hydrogen-bond acceptors (Lipinski definition) is 5. The summed E-state index contributed by atoms with van der Waals surface area (Å²) < 4.78 is 45.9. The second-order valence-electron chi connectivity index (χ2n) is 5.57. The predicted octanol–water partition coefficient (Wildman–Crippen LogP) is 1.50. The van der Waals surface area contributed by atoms with Gasteiger partial charge in [0.25, 0.3) is 0 Å². The lowest BCUT2D eigenvalue weighted by molar-refractivity contribution is -0.255. The fourth-order valence-electron chi connectivity index (χ4n) is 2.22. The van der Waals surface area contributed by atoms with Crippen LogP contribution < -0.4 is 14.6 Å². The molecular formula is C18H19FNO5S-. The van der Waals surface area contributed by atoms with Gasteiger partial charge in [-0.05, 0) is 48.2 Å². The first-order valence-electron chi connectivity index (χ1n) is 8.06. The largest absolute Gasteiger partial charge is 0.545 e. The molecule has 0 saturated carbocycles. The maximum absolute atomic E-state index is 13.8. The first-order valence-corrected chi connectivity index (χ1v) is 9.54. The molecule has 26 heavy (non-hydrogen) atoms. The summed E-state index contributed by atoms with van der Waals surface area (Å²) in [6, 6.07) is 9.70. The zero-order chi connectivity index (χ0) is 19.2. The zero-order valence-electron chi connectivity index (χ0n) is 14.2. The van der Waals surface area contributed by atoms with Crippen LogP contribution in [0.25, 0.3) is 0 Å². The lowest BCUT2D eigenvalue weighted by Crippen LogP contribution is -2.28. The van der Waals surface area contributed by atoms with Gasteiger partial charge in [-0.15, -0.1) is 0 Å². The number of aromatic carboxylic acids is 1. The van der Waals surface area contributed by atoms with Crippen LogP contribution in [-0.4, -0.2) is 27.5 Å². The van der Waals surface area contributed by atoms with E-state index in [9.17, 15) is 22.7 Å². The van der Waals surface area contributed by atoms with Crippen molar-refractivity contribution in [3.8, 4) is 5.75 Å². The molecule has 0 atom stereocenters. The van der Waals surface area contributed by atoms with Crippen molar-refractivity contribution in [3.63, 3.8) is 0 Å². The number of carbonyl (C=O) groups excluding carboxylic acids is 1. The summed E-state index contributed by atoms with van der Waals surface area (Å²) in [5.74, 6) is -1.87. The van der Waals surface area contributed by atoms with Gasteiger partial charge < -0.3 is 14.6 Å². The van der Waals surface area contributed by atoms with E-state index in [1.54, 1.807) is 12.1 Å². The molecule has 0 aliphatic carbocycles. The molecule has 0 radical (unpaired) electrons. The Kier molecular flexibility index (Phi) is 6.70. The molecular weight excluding hydrogens is 361 g/mol. The van der Waals surface area contributed by atoms with Crippen molar-refractivity contribution in [2.24, 2.45) is 0 Å². The van der Waals surface area contributed by atoms with Crippen LogP contribution in [0, 0.1) is 5.82 Å². The van der Waals surface area contributed by atoms with E-state index >= 15 is 0 Å². The van der Waals surface area contributed by atoms with Gasteiger partial charge in [0.15, 0.2) is 0 Å². The van der Waals surface area contributed by atoms with Crippen LogP contribution in [0.15, 0.2) is 47.4 Å². The maximum Gasteiger partial charge on any atom is 0.243 e. The SMILES string of the molecule is CCCOc1ccc(CCNS(=O)(=O)c2cc(C(=O)[O-])ccc2F)cc1. The molecule has 0 spiro atoms. The Morgan fingerprint density at radius 2 is 1.88 bits per heavy atom. The van der Waals surface area contributed by atoms with E-state index in [1.165, 1.54) is 0 Å². The van der Waals surface area contributed by atoms with E-state index < -0.39 is 32.3 Å². The number of hydrogen-bond donors (Lipinski definition) is 1. The van der Waals surface area contributed by atoms with Crippen molar-refractivity contribution in [1.29, 1.82) is 0 Å². The molecule has 0 saturated heterocycles. The van der Waals surface area contributed by atoms with Gasteiger partial charge in [0.2, 0.25) is 10.0 Å². The van der Waals surface area contributed by atoms with Gasteiger partial charge in [-0.25, -0.2) is 17.5 Å². The summed E-state index contributed by atoms with van der Waals surface area (Å²) in [4.78, 5) is 10.1. The summed E-state index contributed by atoms with van der Waals surface area (Å²) in [7, 11) is -4.18. The average molecular weight is 380 g/mol. The van der Waals surface area contributed by atoms with E-state index in [4.69, 9.17) is 4.74 Å². The second kappa shape index (κ2) is 8.77. The highest BCUT2D eigenvalue weighted by atomic mass is 32.2. The molecule has 6 nitrogen and oxygen atoms in total. The van der Waals surface area contributed by atoms with Crippen molar-refractivity contribution in [2.45, 2.75) is 24.7 Å². The van der Waals surface area contributed by atoms with Gasteiger partial charge >= 0.3 is 0 Å². The fourth-order valence-corrected chi connectivity index (χ4v) is 3.35. The number of carboxylic acid groups (broad SMARTS) is 1. The minimum Gasteiger partial charge on any atom is -0.545 e. The Bertz CT molecular complexity index is 866. The minimum atomic E-state index is -4.18. The van der Waals surface area contributed by atoms with E-state index in [0.29, 0.717) is 13.0 Å². The Balaban J connectivity index is 2.00. The topological polar surface area (TPSA) is 95.5 Å². The number of carbonyl (C=O) groups is 1. The standard InChI is InChI=1S/C18H20FNO5S/c1-2-11-25-15-6-3-13(4-7-15)9-10-20-26(23,24)17-12-14(18(21)22)5-8-16(17)19/h3-8,12,20H,2,9-11H2,1H3,(H,21,22)/p-1. The van der Waals surface area contributed by atoms with Crippen LogP contribution >= 0.6 is 0 Å². The van der Waals surface area contributed by atoms with Crippen LogP contribution in [0.1, 0.15) is 29.3 Å². The summed E-state index contributed by atoms with van der Waals surface area (Å²) in [6.07, 6.45) is 1.29. The number of halogens is 1. The van der Waals surface area contributed by atoms with Crippen LogP contribution in [0.3, 0.4) is 0 Å². The van der Waals surface area contributed by atoms with E-state index in [1.807, 2.05) is 19.1 Å². The third-order valence-corrected chi connectivity index (χ3v) is 5.03. The summed E-state index contributed by atoms with van der Waals surface area (Å²) in [6.45, 7) is 2.66. The highest BCUT2D eigenvalue weighted by molar-refractivity contribution is 7.89. The molecule has 0 aliphatic rings. The van der Waals surface area contributed by atoms with Crippen molar-refractivity contribution in [3.05, 3.63) is 59.4 Å². The number of rotatable bonds is 9. The van der Waals surface area contributed by atoms with Crippen LogP contribution in [0.2, 0.25) is 0 Å². The maximum atomic E-state index is 13.8. The average Bonchev–Trinajstić information content (AvgIpc) is 2.61. The minimum absolute atomic E-state index is 0.0342. The number of carboxylic acids is 1. The Hall–Kier alpha value is -2.45. The summed E-state index contributed by atoms with van der Waals surface area (Å²) in [5, 5.41) is 10.8. The normalized spacial score (nSPS) is 11.3. The third-order valence-electron chi connectivity index (χ3n) is 3.56. The fraction of sp³-hybridized carbons (Fsp3) is 0.278. The van der Waals surface area contributed by atoms with Gasteiger partial charge in [-0.1, -0.05) is 25.1 Å². The summed E-state index contributed by atoms with van der Waals surface area (Å²) >= 11 is 0. The first kappa shape index (κ1) is 19.9. The predicted molar refractivity (Wildman–Crippen MR) is 91.9 cm³/mol. The lowest BCUT2D eigenvalue weighted by Gasteiger charge is -2.10. The second-order valence-corrected chi connectivity index (χ2v) is 7.31. The van der Waals surface area contributed by atoms with Crippen molar-refractivity contribution >= 4 is 16.0 Å². The van der Waals surface area contributed by atoms with Gasteiger partial charge in [0.05, 0.1) is 12.6 Å². The Morgan fingerprint density at radius 3 is 2.50 bits per heavy atom. The molecule has 2 rings (SSSR count). The number of nitrogens with one attached hydrogen (secondary N) is 1. The highest BCUT2D eigenvalue weighted by Crippen LogP contribution is 2.17. The van der Waals surface area contributed by atoms with Crippen molar-refractivity contribution in [1.82, 2.24) is 4.72 Å². The number of sulfonamides is 1. The van der Waals surface area contributed by atoms with Gasteiger partial charge in [-0.3, -0.25) is 0 Å². The van der Waals surface area contributed by atoms with Crippen LogP contribution in [0.5, 0.6) is 5.75 Å². The van der Waals surface area contributed by atoms with Gasteiger partial charge in [0.1, 0.15) is 16.5 Å². The molecule has 2 aromatic rings. The van der Waals surface area contributed by atoms with Crippen LogP contribution in [0.4, 0.5) is 4.39 Å². The van der Waals surface area contributed by atoms with Gasteiger partial charge in [0, 0.05) is 6.54 Å². The Morgan fingerprint density at radius 1 is 1.19 bits per heavy atom. The molecule has 0 unspecified atom stereocenters. The van der Waals surface area contributed by atoms with Crippen LogP contribution in [-0.2, 0) is 16.4 Å². The lowest BCUT2D eigenvalue weighted by atomic mass is 10.1. The molecule has 8 heteroatoms. The van der Waals surface area contributed by atoms with Crippen molar-refractivity contribution in [2.75, 3.05) is 13.2 Å². The van der Waals surface area contributed by atoms with E-state index in [-0.39, 0.29) is 6.54 Å². The highest BCUT2D eigenvalue weighted by Gasteiger charge is 2.19. The molecule has 140 valence electrons. The number of ether oxygens (including phenoxy) is 1. The third kappa shape index (κ3) is 5.27.